The van der Waals surface area contributed by atoms with Crippen molar-refractivity contribution in [2.24, 2.45) is 0 Å². The van der Waals surface area contributed by atoms with Crippen LogP contribution in [0.25, 0.3) is 0 Å². The molecule has 0 bridgehead atoms. The van der Waals surface area contributed by atoms with Crippen LogP contribution in [0.2, 0.25) is 5.02 Å². The van der Waals surface area contributed by atoms with Crippen LogP contribution in [0.1, 0.15) is 35.6 Å². The van der Waals surface area contributed by atoms with Gasteiger partial charge in [-0.2, -0.15) is 9.40 Å². The van der Waals surface area contributed by atoms with Gasteiger partial charge < -0.3 is 4.74 Å². The molecule has 2 aromatic rings. The second-order valence-electron chi connectivity index (χ2n) is 7.81. The minimum Gasteiger partial charge on any atom is -0.373 e. The van der Waals surface area contributed by atoms with E-state index in [0.29, 0.717) is 0 Å². The zero-order valence-corrected chi connectivity index (χ0v) is 19.8. The number of aromatic nitrogens is 2. The molecule has 0 radical (unpaired) electrons. The molecule has 174 valence electrons. The molecule has 1 aromatic heterocycles. The first-order valence-electron chi connectivity index (χ1n) is 10.0. The highest BCUT2D eigenvalue weighted by atomic mass is 35.5. The summed E-state index contributed by atoms with van der Waals surface area (Å²) in [5, 5.41) is 4.19. The molecule has 0 spiro atoms. The van der Waals surface area contributed by atoms with Crippen LogP contribution in [-0.2, 0) is 26.1 Å². The summed E-state index contributed by atoms with van der Waals surface area (Å²) in [6, 6.07) is 5.76. The molecule has 12 heteroatoms. The molecule has 1 aliphatic rings. The fourth-order valence-electron chi connectivity index (χ4n) is 3.52. The van der Waals surface area contributed by atoms with Gasteiger partial charge in [-0.1, -0.05) is 11.6 Å². The Kier molecular flexibility index (Phi) is 7.23. The molecule has 2 amide bonds. The Bertz CT molecular complexity index is 1120. The smallest absolute Gasteiger partial charge is 0.269 e. The largest absolute Gasteiger partial charge is 0.373 e. The topological polar surface area (TPSA) is 123 Å². The summed E-state index contributed by atoms with van der Waals surface area (Å²) >= 11 is 6.16. The molecule has 0 unspecified atom stereocenters. The fraction of sp³-hybridized carbons (Fsp3) is 0.450. The Labute approximate surface area is 191 Å². The van der Waals surface area contributed by atoms with Crippen molar-refractivity contribution < 1.29 is 22.7 Å². The maximum absolute atomic E-state index is 13.2. The summed E-state index contributed by atoms with van der Waals surface area (Å²) < 4.78 is 34.7. The van der Waals surface area contributed by atoms with E-state index in [2.05, 4.69) is 16.0 Å². The van der Waals surface area contributed by atoms with Gasteiger partial charge in [0.05, 0.1) is 22.9 Å². The summed E-state index contributed by atoms with van der Waals surface area (Å²) in [6.07, 6.45) is -0.535. The van der Waals surface area contributed by atoms with Gasteiger partial charge in [-0.3, -0.25) is 25.1 Å². The first-order chi connectivity index (χ1) is 15.0. The summed E-state index contributed by atoms with van der Waals surface area (Å²) in [5.74, 6) is -1.16. The van der Waals surface area contributed by atoms with Gasteiger partial charge in [0.15, 0.2) is 0 Å². The second-order valence-corrected chi connectivity index (χ2v) is 10.1. The minimum atomic E-state index is -3.95. The van der Waals surface area contributed by atoms with Crippen LogP contribution in [0.15, 0.2) is 29.2 Å². The van der Waals surface area contributed by atoms with Crippen LogP contribution in [0.3, 0.4) is 0 Å². The molecule has 10 nitrogen and oxygen atoms in total. The molecular formula is C20H26ClN5O5S. The van der Waals surface area contributed by atoms with E-state index in [1.165, 1.54) is 27.2 Å². The van der Waals surface area contributed by atoms with Crippen molar-refractivity contribution >= 4 is 33.4 Å². The number of ether oxygens (including phenoxy) is 1. The lowest BCUT2D eigenvalue weighted by molar-refractivity contribution is -0.122. The van der Waals surface area contributed by atoms with E-state index in [9.17, 15) is 18.0 Å². The Morgan fingerprint density at radius 1 is 1.16 bits per heavy atom. The van der Waals surface area contributed by atoms with Crippen LogP contribution in [-0.4, -0.2) is 59.6 Å². The predicted octanol–water partition coefficient (Wildman–Crippen LogP) is 1.41. The van der Waals surface area contributed by atoms with Crippen LogP contribution >= 0.6 is 11.6 Å². The molecule has 1 aromatic carbocycles. The number of amides is 2. The van der Waals surface area contributed by atoms with Crippen molar-refractivity contribution in [1.29, 1.82) is 0 Å². The highest BCUT2D eigenvalue weighted by Gasteiger charge is 2.33. The maximum Gasteiger partial charge on any atom is 0.269 e. The Morgan fingerprint density at radius 3 is 2.41 bits per heavy atom. The van der Waals surface area contributed by atoms with Gasteiger partial charge in [0, 0.05) is 24.3 Å². The van der Waals surface area contributed by atoms with Gasteiger partial charge in [-0.25, -0.2) is 8.42 Å². The quantitative estimate of drug-likeness (QED) is 0.620. The number of carbonyl (C=O) groups excluding carboxylic acids is 2. The van der Waals surface area contributed by atoms with E-state index in [-0.39, 0.29) is 47.3 Å². The van der Waals surface area contributed by atoms with Crippen molar-refractivity contribution in [1.82, 2.24) is 24.9 Å². The SMILES string of the molecule is Cc1cc(C)n(CC(=O)NNC(=O)c2ccc(Cl)c(S(=O)(=O)N3C[C@H](C)O[C@@H](C)C3)c2)n1. The summed E-state index contributed by atoms with van der Waals surface area (Å²) in [5.41, 5.74) is 6.21. The molecule has 0 saturated carbocycles. The van der Waals surface area contributed by atoms with Gasteiger partial charge in [0.25, 0.3) is 11.8 Å². The number of nitrogens with one attached hydrogen (secondary N) is 2. The fourth-order valence-corrected chi connectivity index (χ4v) is 5.61. The lowest BCUT2D eigenvalue weighted by atomic mass is 10.2. The Balaban J connectivity index is 1.71. The van der Waals surface area contributed by atoms with Crippen molar-refractivity contribution in [3.05, 3.63) is 46.2 Å². The van der Waals surface area contributed by atoms with Crippen LogP contribution < -0.4 is 10.9 Å². The standard InChI is InChI=1S/C20H26ClN5O5S/c1-12-7-13(2)26(24-12)11-19(27)22-23-20(28)16-5-6-17(21)18(8-16)32(29,30)25-9-14(3)31-15(4)10-25/h5-8,14-15H,9-11H2,1-4H3,(H,22,27)(H,23,28)/t14-,15-/m0/s1. The Hall–Kier alpha value is -2.47. The number of nitrogens with zero attached hydrogens (tertiary/aromatic N) is 3. The van der Waals surface area contributed by atoms with Gasteiger partial charge in [-0.05, 0) is 52.0 Å². The number of rotatable bonds is 5. The molecule has 32 heavy (non-hydrogen) atoms. The zero-order chi connectivity index (χ0) is 23.6. The highest BCUT2D eigenvalue weighted by molar-refractivity contribution is 7.89. The van der Waals surface area contributed by atoms with Gasteiger partial charge in [0.1, 0.15) is 11.4 Å². The van der Waals surface area contributed by atoms with Crippen LogP contribution in [0.4, 0.5) is 0 Å². The van der Waals surface area contributed by atoms with E-state index in [1.807, 2.05) is 19.9 Å². The Morgan fingerprint density at radius 2 is 1.81 bits per heavy atom. The van der Waals surface area contributed by atoms with Gasteiger partial charge in [-0.15, -0.1) is 0 Å². The molecular weight excluding hydrogens is 458 g/mol. The first-order valence-corrected chi connectivity index (χ1v) is 11.8. The van der Waals surface area contributed by atoms with Crippen molar-refractivity contribution in [2.45, 2.75) is 51.3 Å². The van der Waals surface area contributed by atoms with Crippen LogP contribution in [0.5, 0.6) is 0 Å². The van der Waals surface area contributed by atoms with E-state index < -0.39 is 21.8 Å². The van der Waals surface area contributed by atoms with E-state index >= 15 is 0 Å². The summed E-state index contributed by atoms with van der Waals surface area (Å²) in [7, 11) is -3.95. The number of carbonyl (C=O) groups is 2. The van der Waals surface area contributed by atoms with E-state index in [4.69, 9.17) is 16.3 Å². The lowest BCUT2D eigenvalue weighted by Crippen LogP contribution is -2.48. The molecule has 2 heterocycles. The number of morpholine rings is 1. The molecule has 1 fully saturated rings. The third kappa shape index (κ3) is 5.47. The monoisotopic (exact) mass is 483 g/mol. The number of hydrazine groups is 1. The zero-order valence-electron chi connectivity index (χ0n) is 18.3. The predicted molar refractivity (Wildman–Crippen MR) is 118 cm³/mol. The number of sulfonamides is 1. The van der Waals surface area contributed by atoms with Crippen molar-refractivity contribution in [3.8, 4) is 0 Å². The van der Waals surface area contributed by atoms with Crippen molar-refractivity contribution in [2.75, 3.05) is 13.1 Å². The van der Waals surface area contributed by atoms with Gasteiger partial charge >= 0.3 is 0 Å². The van der Waals surface area contributed by atoms with Crippen molar-refractivity contribution in [3.63, 3.8) is 0 Å². The molecule has 1 aliphatic heterocycles. The minimum absolute atomic E-state index is 0.00177. The van der Waals surface area contributed by atoms with Crippen LogP contribution in [0, 0.1) is 13.8 Å². The third-order valence-corrected chi connectivity index (χ3v) is 7.22. The van der Waals surface area contributed by atoms with E-state index in [0.717, 1.165) is 11.4 Å². The number of hydrogen-bond donors (Lipinski definition) is 2. The molecule has 2 atom stereocenters. The molecule has 0 aliphatic carbocycles. The molecule has 1 saturated heterocycles. The summed E-state index contributed by atoms with van der Waals surface area (Å²) in [6.45, 7) is 7.50. The highest BCUT2D eigenvalue weighted by Crippen LogP contribution is 2.28. The average Bonchev–Trinajstić information content (AvgIpc) is 3.02. The molecule has 2 N–H and O–H groups in total. The maximum atomic E-state index is 13.2. The number of aryl methyl sites for hydroxylation is 2. The normalized spacial score (nSPS) is 19.5. The molecule has 3 rings (SSSR count). The summed E-state index contributed by atoms with van der Waals surface area (Å²) in [4.78, 5) is 24.5. The second kappa shape index (κ2) is 9.57. The average molecular weight is 484 g/mol. The first kappa shape index (κ1) is 24.2. The lowest BCUT2D eigenvalue weighted by Gasteiger charge is -2.34. The number of hydrogen-bond acceptors (Lipinski definition) is 6. The van der Waals surface area contributed by atoms with E-state index in [1.54, 1.807) is 13.8 Å². The number of benzene rings is 1. The third-order valence-electron chi connectivity index (χ3n) is 4.91. The number of halogens is 1. The van der Waals surface area contributed by atoms with Gasteiger partial charge in [0.2, 0.25) is 10.0 Å².